The van der Waals surface area contributed by atoms with Crippen LogP contribution in [-0.4, -0.2) is 31.1 Å². The Morgan fingerprint density at radius 3 is 2.80 bits per heavy atom. The molecular formula is C8H13N2+. The van der Waals surface area contributed by atoms with E-state index in [2.05, 4.69) is 15.8 Å². The highest BCUT2D eigenvalue weighted by molar-refractivity contribution is 4.99. The van der Waals surface area contributed by atoms with Crippen LogP contribution in [0.5, 0.6) is 0 Å². The summed E-state index contributed by atoms with van der Waals surface area (Å²) in [6.07, 6.45) is 2.56. The van der Waals surface area contributed by atoms with Crippen molar-refractivity contribution < 1.29 is 0 Å². The molecule has 3 aliphatic heterocycles. The van der Waals surface area contributed by atoms with Gasteiger partial charge < -0.3 is 0 Å². The molecule has 0 aliphatic carbocycles. The van der Waals surface area contributed by atoms with Crippen LogP contribution in [0.1, 0.15) is 12.8 Å². The first-order valence-electron chi connectivity index (χ1n) is 4.09. The molecule has 0 atom stereocenters. The second kappa shape index (κ2) is 2.59. The number of rotatable bonds is 0. The summed E-state index contributed by atoms with van der Waals surface area (Å²) in [4.78, 5) is 6.72. The lowest BCUT2D eigenvalue weighted by Gasteiger charge is -2.26. The van der Waals surface area contributed by atoms with Crippen LogP contribution in [0.4, 0.5) is 0 Å². The Morgan fingerprint density at radius 1 is 1.20 bits per heavy atom. The Labute approximate surface area is 61.6 Å². The van der Waals surface area contributed by atoms with Gasteiger partial charge >= 0.3 is 0 Å². The minimum atomic E-state index is 0.677. The molecule has 1 fully saturated rings. The maximum absolute atomic E-state index is 4.22. The highest BCUT2D eigenvalue weighted by atomic mass is 15.1. The summed E-state index contributed by atoms with van der Waals surface area (Å²) in [6.45, 7) is 4.66. The van der Waals surface area contributed by atoms with E-state index in [1.54, 1.807) is 0 Å². The molecule has 3 heterocycles. The van der Waals surface area contributed by atoms with Crippen molar-refractivity contribution in [3.63, 3.8) is 0 Å². The van der Waals surface area contributed by atoms with Gasteiger partial charge in [-0.05, 0) is 25.9 Å². The van der Waals surface area contributed by atoms with Gasteiger partial charge in [0, 0.05) is 0 Å². The topological polar surface area (TPSA) is 7.60 Å². The zero-order valence-electron chi connectivity index (χ0n) is 6.21. The normalized spacial score (nSPS) is 37.6. The van der Waals surface area contributed by atoms with Crippen LogP contribution in [0.2, 0.25) is 0 Å². The Kier molecular flexibility index (Phi) is 1.60. The predicted molar refractivity (Wildman–Crippen MR) is 41.3 cm³/mol. The molecule has 0 aromatic rings. The number of fused-ring (bicyclic) bond motifs is 4. The first kappa shape index (κ1) is 6.18. The van der Waals surface area contributed by atoms with Gasteiger partial charge in [0.05, 0.1) is 12.5 Å². The lowest BCUT2D eigenvalue weighted by atomic mass is 9.98. The van der Waals surface area contributed by atoms with Gasteiger partial charge in [-0.1, -0.05) is 4.85 Å². The van der Waals surface area contributed by atoms with Crippen molar-refractivity contribution in [1.82, 2.24) is 4.90 Å². The van der Waals surface area contributed by atoms with Gasteiger partial charge in [-0.3, -0.25) is 4.90 Å². The van der Waals surface area contributed by atoms with Crippen molar-refractivity contribution in [2.24, 2.45) is 5.92 Å². The molecule has 0 aromatic heterocycles. The summed E-state index contributed by atoms with van der Waals surface area (Å²) >= 11 is 0. The molecular weight excluding hydrogens is 124 g/mol. The van der Waals surface area contributed by atoms with E-state index in [0.29, 0.717) is 5.92 Å². The molecule has 0 saturated carbocycles. The van der Waals surface area contributed by atoms with Crippen LogP contribution in [-0.2, 0) is 0 Å². The molecule has 3 rings (SSSR count). The Hall–Kier alpha value is -0.550. The van der Waals surface area contributed by atoms with Gasteiger partial charge in [0.1, 0.15) is 0 Å². The van der Waals surface area contributed by atoms with Crippen molar-refractivity contribution in [2.75, 3.05) is 26.2 Å². The first-order chi connectivity index (χ1) is 4.95. The number of piperidine rings is 1. The first-order valence-corrected chi connectivity index (χ1v) is 4.09. The number of hydrogen-bond donors (Lipinski definition) is 0. The zero-order valence-corrected chi connectivity index (χ0v) is 6.21. The molecule has 0 unspecified atom stereocenters. The van der Waals surface area contributed by atoms with E-state index in [-0.39, 0.29) is 0 Å². The van der Waals surface area contributed by atoms with Crippen LogP contribution in [0, 0.1) is 12.0 Å². The molecule has 0 amide bonds. The zero-order chi connectivity index (χ0) is 6.81. The molecule has 1 saturated heterocycles. The predicted octanol–water partition coefficient (Wildman–Crippen LogP) is 1.04. The molecule has 0 radical (unpaired) electrons. The van der Waals surface area contributed by atoms with Crippen molar-refractivity contribution >= 4 is 0 Å². The van der Waals surface area contributed by atoms with E-state index in [4.69, 9.17) is 0 Å². The van der Waals surface area contributed by atoms with Crippen LogP contribution in [0.25, 0.3) is 4.85 Å². The smallest absolute Gasteiger partial charge is 0.276 e. The Bertz CT molecular complexity index is 169. The Balaban J connectivity index is 2.11. The van der Waals surface area contributed by atoms with Gasteiger partial charge in [-0.25, -0.2) is 0 Å². The fraction of sp³-hybridized carbons (Fsp3) is 0.875. The number of hydrogen-bond acceptors (Lipinski definition) is 1. The summed E-state index contributed by atoms with van der Waals surface area (Å²) < 4.78 is 0. The largest absolute Gasteiger partial charge is 0.296 e. The molecule has 54 valence electrons. The minimum absolute atomic E-state index is 0.677. The van der Waals surface area contributed by atoms with E-state index in [0.717, 1.165) is 13.1 Å². The standard InChI is InChI=1S/C8H13N2/c1-4-10-5-2-8(1)7-9-3-6-10/h8H,1-6H2/q+1. The lowest BCUT2D eigenvalue weighted by molar-refractivity contribution is 0.211. The maximum atomic E-state index is 4.22. The summed E-state index contributed by atoms with van der Waals surface area (Å²) in [5.41, 5.74) is 0. The van der Waals surface area contributed by atoms with Crippen LogP contribution < -0.4 is 0 Å². The van der Waals surface area contributed by atoms with Crippen LogP contribution in [0.15, 0.2) is 0 Å². The van der Waals surface area contributed by atoms with Crippen molar-refractivity contribution in [3.05, 3.63) is 4.85 Å². The monoisotopic (exact) mass is 137 g/mol. The fourth-order valence-corrected chi connectivity index (χ4v) is 1.67. The van der Waals surface area contributed by atoms with E-state index in [9.17, 15) is 0 Å². The van der Waals surface area contributed by atoms with Gasteiger partial charge in [0.2, 0.25) is 0 Å². The van der Waals surface area contributed by atoms with E-state index >= 15 is 0 Å². The molecule has 0 spiro atoms. The van der Waals surface area contributed by atoms with Gasteiger partial charge in [0.25, 0.3) is 12.6 Å². The molecule has 10 heavy (non-hydrogen) atoms. The Morgan fingerprint density at radius 2 is 2.00 bits per heavy atom. The van der Waals surface area contributed by atoms with Crippen LogP contribution >= 0.6 is 0 Å². The molecule has 2 heteroatoms. The molecule has 0 N–H and O–H groups in total. The van der Waals surface area contributed by atoms with Gasteiger partial charge in [-0.2, -0.15) is 0 Å². The van der Waals surface area contributed by atoms with Crippen molar-refractivity contribution in [1.29, 1.82) is 0 Å². The van der Waals surface area contributed by atoms with Crippen LogP contribution in [0.3, 0.4) is 0 Å². The second-order valence-electron chi connectivity index (χ2n) is 3.13. The third kappa shape index (κ3) is 1.15. The lowest BCUT2D eigenvalue weighted by Crippen LogP contribution is -2.35. The minimum Gasteiger partial charge on any atom is -0.296 e. The third-order valence-electron chi connectivity index (χ3n) is 2.39. The fourth-order valence-electron chi connectivity index (χ4n) is 1.67. The van der Waals surface area contributed by atoms with E-state index in [1.807, 2.05) is 0 Å². The molecule has 3 aliphatic rings. The SMILES string of the molecule is C1#[N+]CCN2CCC1CC2. The summed E-state index contributed by atoms with van der Waals surface area (Å²) in [5.74, 6) is 0.677. The average molecular weight is 137 g/mol. The summed E-state index contributed by atoms with van der Waals surface area (Å²) in [7, 11) is 0. The van der Waals surface area contributed by atoms with Gasteiger partial charge in [-0.15, -0.1) is 0 Å². The summed E-state index contributed by atoms with van der Waals surface area (Å²) in [5, 5.41) is 0. The maximum Gasteiger partial charge on any atom is 0.276 e. The average Bonchev–Trinajstić information content (AvgIpc) is 1.89. The van der Waals surface area contributed by atoms with Crippen molar-refractivity contribution in [2.45, 2.75) is 12.8 Å². The summed E-state index contributed by atoms with van der Waals surface area (Å²) in [6, 6.07) is 3.21. The molecule has 0 aromatic carbocycles. The van der Waals surface area contributed by atoms with E-state index < -0.39 is 0 Å². The van der Waals surface area contributed by atoms with Gasteiger partial charge in [0.15, 0.2) is 0 Å². The van der Waals surface area contributed by atoms with Crippen molar-refractivity contribution in [3.8, 4) is 6.07 Å². The second-order valence-corrected chi connectivity index (χ2v) is 3.13. The third-order valence-corrected chi connectivity index (χ3v) is 2.39. The quantitative estimate of drug-likeness (QED) is 0.484. The molecule has 2 nitrogen and oxygen atoms in total. The highest BCUT2D eigenvalue weighted by Crippen LogP contribution is 2.17. The highest BCUT2D eigenvalue weighted by Gasteiger charge is 2.23. The van der Waals surface area contributed by atoms with E-state index in [1.165, 1.54) is 25.9 Å². The number of nitrogens with zero attached hydrogens (tertiary/aromatic N) is 2. The molecule has 2 bridgehead atoms.